The van der Waals surface area contributed by atoms with E-state index in [1.54, 1.807) is 0 Å². The lowest BCUT2D eigenvalue weighted by atomic mass is 10.0. The molecule has 12 heavy (non-hydrogen) atoms. The first-order valence-corrected chi connectivity index (χ1v) is 4.63. The minimum absolute atomic E-state index is 0.149. The number of nitrogens with two attached hydrogens (primary N) is 1. The van der Waals surface area contributed by atoms with Gasteiger partial charge in [0.15, 0.2) is 0 Å². The minimum Gasteiger partial charge on any atom is -0.337 e. The molecule has 5 heteroatoms. The van der Waals surface area contributed by atoms with Gasteiger partial charge < -0.3 is 10.3 Å². The first kappa shape index (κ1) is 9.67. The van der Waals surface area contributed by atoms with Crippen LogP contribution in [0.5, 0.6) is 0 Å². The van der Waals surface area contributed by atoms with Crippen LogP contribution >= 0.6 is 15.9 Å². The number of nitrogens with zero attached hydrogens (tertiary/aromatic N) is 2. The molecule has 0 spiro atoms. The standard InChI is InChI=1S/C7H12BrN3O/c1-4(2)3-5(9)6-10-7(8)11-12-6/h4-5H,3,9H2,1-2H3/t5-/m1/s1. The van der Waals surface area contributed by atoms with Crippen LogP contribution in [0.4, 0.5) is 0 Å². The van der Waals surface area contributed by atoms with Crippen LogP contribution < -0.4 is 5.73 Å². The molecule has 0 amide bonds. The lowest BCUT2D eigenvalue weighted by molar-refractivity contribution is 0.333. The van der Waals surface area contributed by atoms with Crippen molar-refractivity contribution in [3.05, 3.63) is 10.6 Å². The van der Waals surface area contributed by atoms with Crippen LogP contribution in [0.25, 0.3) is 0 Å². The summed E-state index contributed by atoms with van der Waals surface area (Å²) in [5.74, 6) is 1.03. The van der Waals surface area contributed by atoms with Gasteiger partial charge in [0.2, 0.25) is 10.6 Å². The van der Waals surface area contributed by atoms with Crippen molar-refractivity contribution in [1.82, 2.24) is 10.1 Å². The Morgan fingerprint density at radius 3 is 2.67 bits per heavy atom. The molecule has 0 radical (unpaired) electrons. The van der Waals surface area contributed by atoms with Gasteiger partial charge in [0, 0.05) is 0 Å². The molecule has 0 aliphatic rings. The third-order valence-corrected chi connectivity index (χ3v) is 1.78. The number of halogens is 1. The minimum atomic E-state index is -0.149. The Kier molecular flexibility index (Phi) is 3.22. The van der Waals surface area contributed by atoms with Crippen LogP contribution in [0.3, 0.4) is 0 Å². The molecule has 0 fully saturated rings. The Labute approximate surface area is 79.6 Å². The first-order valence-electron chi connectivity index (χ1n) is 3.84. The number of hydrogen-bond acceptors (Lipinski definition) is 4. The Morgan fingerprint density at radius 2 is 2.25 bits per heavy atom. The van der Waals surface area contributed by atoms with E-state index in [-0.39, 0.29) is 6.04 Å². The molecular weight excluding hydrogens is 222 g/mol. The SMILES string of the molecule is CC(C)C[C@@H](N)c1nc(Br)no1. The van der Waals surface area contributed by atoms with Crippen LogP contribution in [0.2, 0.25) is 0 Å². The van der Waals surface area contributed by atoms with E-state index in [0.717, 1.165) is 6.42 Å². The molecule has 68 valence electrons. The predicted molar refractivity (Wildman–Crippen MR) is 48.4 cm³/mol. The molecule has 4 nitrogen and oxygen atoms in total. The highest BCUT2D eigenvalue weighted by molar-refractivity contribution is 9.10. The number of rotatable bonds is 3. The van der Waals surface area contributed by atoms with Crippen LogP contribution in [0, 0.1) is 5.92 Å². The zero-order chi connectivity index (χ0) is 9.14. The summed E-state index contributed by atoms with van der Waals surface area (Å²) in [6.45, 7) is 4.20. The largest absolute Gasteiger partial charge is 0.337 e. The van der Waals surface area contributed by atoms with Gasteiger partial charge in [0.05, 0.1) is 6.04 Å². The van der Waals surface area contributed by atoms with Gasteiger partial charge in [-0.15, -0.1) is 0 Å². The zero-order valence-corrected chi connectivity index (χ0v) is 8.71. The predicted octanol–water partition coefficient (Wildman–Crippen LogP) is 1.88. The van der Waals surface area contributed by atoms with Gasteiger partial charge in [-0.2, -0.15) is 4.98 Å². The van der Waals surface area contributed by atoms with E-state index in [9.17, 15) is 0 Å². The third-order valence-electron chi connectivity index (χ3n) is 1.46. The van der Waals surface area contributed by atoms with Crippen molar-refractivity contribution < 1.29 is 4.52 Å². The normalized spacial score (nSPS) is 13.8. The summed E-state index contributed by atoms with van der Waals surface area (Å²) >= 11 is 3.10. The van der Waals surface area contributed by atoms with Crippen molar-refractivity contribution in [3.8, 4) is 0 Å². The van der Waals surface area contributed by atoms with Crippen molar-refractivity contribution in [2.45, 2.75) is 26.3 Å². The maximum atomic E-state index is 5.79. The van der Waals surface area contributed by atoms with Gasteiger partial charge in [-0.05, 0) is 33.4 Å². The van der Waals surface area contributed by atoms with Gasteiger partial charge in [-0.3, -0.25) is 0 Å². The monoisotopic (exact) mass is 233 g/mol. The second kappa shape index (κ2) is 4.00. The lowest BCUT2D eigenvalue weighted by Crippen LogP contribution is -2.13. The topological polar surface area (TPSA) is 64.9 Å². The lowest BCUT2D eigenvalue weighted by Gasteiger charge is -2.08. The summed E-state index contributed by atoms with van der Waals surface area (Å²) in [6.07, 6.45) is 0.856. The second-order valence-corrected chi connectivity index (χ2v) is 3.85. The van der Waals surface area contributed by atoms with Gasteiger partial charge in [-0.25, -0.2) is 0 Å². The summed E-state index contributed by atoms with van der Waals surface area (Å²) in [5.41, 5.74) is 5.79. The Bertz CT molecular complexity index is 249. The average Bonchev–Trinajstić information content (AvgIpc) is 2.34. The maximum absolute atomic E-state index is 5.79. The van der Waals surface area contributed by atoms with Crippen LogP contribution in [-0.2, 0) is 0 Å². The van der Waals surface area contributed by atoms with Crippen LogP contribution in [-0.4, -0.2) is 10.1 Å². The summed E-state index contributed by atoms with van der Waals surface area (Å²) in [7, 11) is 0. The summed E-state index contributed by atoms with van der Waals surface area (Å²) in [4.78, 5) is 3.98. The van der Waals surface area contributed by atoms with Crippen molar-refractivity contribution in [1.29, 1.82) is 0 Å². The highest BCUT2D eigenvalue weighted by atomic mass is 79.9. The Balaban J connectivity index is 2.58. The molecule has 0 aliphatic carbocycles. The summed E-state index contributed by atoms with van der Waals surface area (Å²) in [5, 5.41) is 3.60. The van der Waals surface area contributed by atoms with Gasteiger partial charge in [0.1, 0.15) is 0 Å². The van der Waals surface area contributed by atoms with Gasteiger partial charge in [-0.1, -0.05) is 13.8 Å². The molecule has 0 saturated carbocycles. The second-order valence-electron chi connectivity index (χ2n) is 3.14. The van der Waals surface area contributed by atoms with Crippen molar-refractivity contribution >= 4 is 15.9 Å². The van der Waals surface area contributed by atoms with Crippen molar-refractivity contribution in [2.24, 2.45) is 11.7 Å². The third kappa shape index (κ3) is 2.57. The molecule has 0 saturated heterocycles. The fourth-order valence-corrected chi connectivity index (χ4v) is 1.22. The molecule has 0 unspecified atom stereocenters. The van der Waals surface area contributed by atoms with E-state index in [1.807, 2.05) is 0 Å². The maximum Gasteiger partial charge on any atom is 0.244 e. The Morgan fingerprint density at radius 1 is 1.58 bits per heavy atom. The first-order chi connectivity index (χ1) is 5.59. The molecule has 0 aliphatic heterocycles. The van der Waals surface area contributed by atoms with E-state index in [0.29, 0.717) is 16.5 Å². The number of hydrogen-bond donors (Lipinski definition) is 1. The summed E-state index contributed by atoms with van der Waals surface area (Å²) in [6, 6.07) is -0.149. The smallest absolute Gasteiger partial charge is 0.244 e. The molecule has 1 rings (SSSR count). The summed E-state index contributed by atoms with van der Waals surface area (Å²) < 4.78 is 5.35. The fraction of sp³-hybridized carbons (Fsp3) is 0.714. The van der Waals surface area contributed by atoms with Crippen LogP contribution in [0.1, 0.15) is 32.2 Å². The zero-order valence-electron chi connectivity index (χ0n) is 7.12. The highest BCUT2D eigenvalue weighted by Crippen LogP contribution is 2.17. The fourth-order valence-electron chi connectivity index (χ4n) is 0.975. The molecule has 1 atom stereocenters. The van der Waals surface area contributed by atoms with Gasteiger partial charge in [0.25, 0.3) is 0 Å². The molecule has 1 heterocycles. The molecule has 0 aromatic carbocycles. The van der Waals surface area contributed by atoms with Crippen molar-refractivity contribution in [2.75, 3.05) is 0 Å². The van der Waals surface area contributed by atoms with Gasteiger partial charge >= 0.3 is 0 Å². The quantitative estimate of drug-likeness (QED) is 0.867. The average molecular weight is 234 g/mol. The van der Waals surface area contributed by atoms with E-state index in [4.69, 9.17) is 10.3 Å². The molecular formula is C7H12BrN3O. The molecule has 1 aromatic rings. The van der Waals surface area contributed by atoms with E-state index in [1.165, 1.54) is 0 Å². The van der Waals surface area contributed by atoms with E-state index < -0.39 is 0 Å². The Hall–Kier alpha value is -0.420. The van der Waals surface area contributed by atoms with E-state index >= 15 is 0 Å². The molecule has 2 N–H and O–H groups in total. The highest BCUT2D eigenvalue weighted by Gasteiger charge is 2.14. The van der Waals surface area contributed by atoms with Crippen LogP contribution in [0.15, 0.2) is 9.26 Å². The van der Waals surface area contributed by atoms with E-state index in [2.05, 4.69) is 39.9 Å². The molecule has 0 bridgehead atoms. The molecule has 1 aromatic heterocycles. The van der Waals surface area contributed by atoms with Crippen molar-refractivity contribution in [3.63, 3.8) is 0 Å². The number of aromatic nitrogens is 2.